The number of alkyl halides is 1. The van der Waals surface area contributed by atoms with Crippen molar-refractivity contribution in [1.29, 1.82) is 5.26 Å². The number of aromatic nitrogens is 2. The molecule has 5 unspecified atom stereocenters. The molecule has 1 amide bonds. The third-order valence-corrected chi connectivity index (χ3v) is 6.92. The van der Waals surface area contributed by atoms with Gasteiger partial charge in [-0.1, -0.05) is 12.1 Å². The van der Waals surface area contributed by atoms with Gasteiger partial charge < -0.3 is 10.5 Å². The number of halogens is 1. The Morgan fingerprint density at radius 2 is 2.23 bits per heavy atom. The van der Waals surface area contributed by atoms with E-state index in [1.165, 1.54) is 0 Å². The molecule has 0 radical (unpaired) electrons. The monoisotopic (exact) mass is 442 g/mol. The van der Waals surface area contributed by atoms with Crippen LogP contribution >= 0.6 is 11.6 Å². The molecule has 4 N–H and O–H groups in total. The first-order valence-corrected chi connectivity index (χ1v) is 11.0. The van der Waals surface area contributed by atoms with E-state index in [0.29, 0.717) is 30.9 Å². The Bertz CT molecular complexity index is 1020. The van der Waals surface area contributed by atoms with Gasteiger partial charge in [0.15, 0.2) is 0 Å². The van der Waals surface area contributed by atoms with Gasteiger partial charge in [-0.3, -0.25) is 14.9 Å². The minimum Gasteiger partial charge on any atom is -0.492 e. The zero-order valence-electron chi connectivity index (χ0n) is 17.6. The second-order valence-corrected chi connectivity index (χ2v) is 8.71. The number of aryl methyl sites for hydroxylation is 1. The molecule has 2 aliphatic rings. The van der Waals surface area contributed by atoms with E-state index < -0.39 is 0 Å². The predicted octanol–water partition coefficient (Wildman–Crippen LogP) is 2.04. The number of ether oxygens (including phenoxy) is 1. The van der Waals surface area contributed by atoms with Crippen molar-refractivity contribution < 1.29 is 9.53 Å². The summed E-state index contributed by atoms with van der Waals surface area (Å²) in [5.41, 5.74) is 14.9. The molecule has 2 fully saturated rings. The van der Waals surface area contributed by atoms with Crippen LogP contribution in [0, 0.1) is 23.2 Å². The minimum absolute atomic E-state index is 0.0262. The van der Waals surface area contributed by atoms with Crippen molar-refractivity contribution in [3.63, 3.8) is 0 Å². The number of fused-ring (bicyclic) bond motifs is 1. The van der Waals surface area contributed by atoms with Gasteiger partial charge in [0.2, 0.25) is 5.91 Å². The zero-order valence-corrected chi connectivity index (χ0v) is 18.4. The largest absolute Gasteiger partial charge is 0.492 e. The molecule has 2 heterocycles. The lowest BCUT2D eigenvalue weighted by Crippen LogP contribution is -2.64. The van der Waals surface area contributed by atoms with Crippen LogP contribution in [0.4, 0.5) is 0 Å². The standard InChI is InChI=1S/C22H27ClN6O2/c1-3-31-19-6-4-5-13(15(19)9-24)21-16(11-26-29(21)2)12-7-14-18(10-25)27-28-22(30)20(14)17(23)8-12/h4-6,11-12,14,17-18,20,27H,3,7-8,10,25H2,1-2H3,(H,28,30). The number of nitrogens with two attached hydrogens (primary N) is 1. The SMILES string of the molecule is CCOc1cccc(-c2c(C3CC(Cl)C4C(=O)NNC(CN)C4C3)cnn2C)c1C#N. The normalized spacial score (nSPS) is 27.8. The van der Waals surface area contributed by atoms with Gasteiger partial charge in [-0.2, -0.15) is 10.4 Å². The summed E-state index contributed by atoms with van der Waals surface area (Å²) in [5, 5.41) is 14.1. The first-order valence-electron chi connectivity index (χ1n) is 10.6. The first kappa shape index (κ1) is 21.6. The highest BCUT2D eigenvalue weighted by atomic mass is 35.5. The van der Waals surface area contributed by atoms with Crippen molar-refractivity contribution in [2.24, 2.45) is 24.6 Å². The second-order valence-electron chi connectivity index (χ2n) is 8.15. The fourth-order valence-electron chi connectivity index (χ4n) is 5.08. The molecule has 1 aliphatic carbocycles. The van der Waals surface area contributed by atoms with Crippen LogP contribution in [0.1, 0.15) is 36.8 Å². The van der Waals surface area contributed by atoms with Gasteiger partial charge in [-0.05, 0) is 37.7 Å². The second kappa shape index (κ2) is 8.87. The molecule has 0 spiro atoms. The highest BCUT2D eigenvalue weighted by Gasteiger charge is 2.47. The third kappa shape index (κ3) is 3.78. The molecule has 1 saturated carbocycles. The maximum absolute atomic E-state index is 12.5. The number of nitriles is 1. The van der Waals surface area contributed by atoms with Crippen molar-refractivity contribution in [2.75, 3.05) is 13.2 Å². The number of hydrazine groups is 1. The Labute approximate surface area is 186 Å². The molecule has 8 nitrogen and oxygen atoms in total. The van der Waals surface area contributed by atoms with Crippen molar-refractivity contribution >= 4 is 17.5 Å². The molecule has 31 heavy (non-hydrogen) atoms. The average Bonchev–Trinajstić information content (AvgIpc) is 3.15. The lowest BCUT2D eigenvalue weighted by molar-refractivity contribution is -0.133. The van der Waals surface area contributed by atoms with Gasteiger partial charge in [-0.15, -0.1) is 11.6 Å². The number of amides is 1. The summed E-state index contributed by atoms with van der Waals surface area (Å²) in [4.78, 5) is 12.5. The summed E-state index contributed by atoms with van der Waals surface area (Å²) in [6.07, 6.45) is 3.27. The maximum Gasteiger partial charge on any atom is 0.239 e. The molecule has 5 atom stereocenters. The van der Waals surface area contributed by atoms with E-state index in [1.54, 1.807) is 10.7 Å². The van der Waals surface area contributed by atoms with Gasteiger partial charge in [-0.25, -0.2) is 5.43 Å². The number of nitrogens with zero attached hydrogens (tertiary/aromatic N) is 3. The van der Waals surface area contributed by atoms with Crippen LogP contribution in [-0.2, 0) is 11.8 Å². The Morgan fingerprint density at radius 1 is 1.42 bits per heavy atom. The van der Waals surface area contributed by atoms with Crippen LogP contribution in [-0.4, -0.2) is 40.3 Å². The quantitative estimate of drug-likeness (QED) is 0.610. The third-order valence-electron chi connectivity index (χ3n) is 6.47. The van der Waals surface area contributed by atoms with Crippen LogP contribution in [0.5, 0.6) is 5.75 Å². The van der Waals surface area contributed by atoms with Crippen LogP contribution < -0.4 is 21.3 Å². The molecule has 1 aromatic heterocycles. The first-order chi connectivity index (χ1) is 15.0. The van der Waals surface area contributed by atoms with Crippen molar-refractivity contribution in [1.82, 2.24) is 20.6 Å². The average molecular weight is 443 g/mol. The van der Waals surface area contributed by atoms with E-state index >= 15 is 0 Å². The lowest BCUT2D eigenvalue weighted by Gasteiger charge is -2.45. The number of rotatable bonds is 5. The zero-order chi connectivity index (χ0) is 22.1. The maximum atomic E-state index is 12.5. The van der Waals surface area contributed by atoms with Crippen LogP contribution in [0.25, 0.3) is 11.3 Å². The van der Waals surface area contributed by atoms with Crippen LogP contribution in [0.2, 0.25) is 0 Å². The van der Waals surface area contributed by atoms with Gasteiger partial charge >= 0.3 is 0 Å². The highest BCUT2D eigenvalue weighted by Crippen LogP contribution is 2.47. The molecule has 0 bridgehead atoms. The Kier molecular flexibility index (Phi) is 6.19. The lowest BCUT2D eigenvalue weighted by atomic mass is 9.67. The van der Waals surface area contributed by atoms with Crippen molar-refractivity contribution in [2.45, 2.75) is 37.1 Å². The van der Waals surface area contributed by atoms with Gasteiger partial charge in [0.1, 0.15) is 17.4 Å². The molecule has 1 aliphatic heterocycles. The number of hydrogen-bond acceptors (Lipinski definition) is 6. The minimum atomic E-state index is -0.307. The number of benzene rings is 1. The number of hydrogen-bond donors (Lipinski definition) is 3. The van der Waals surface area contributed by atoms with Gasteiger partial charge in [0.25, 0.3) is 0 Å². The molecule has 1 saturated heterocycles. The van der Waals surface area contributed by atoms with E-state index in [0.717, 1.165) is 23.2 Å². The van der Waals surface area contributed by atoms with Crippen molar-refractivity contribution in [3.8, 4) is 23.1 Å². The Balaban J connectivity index is 1.75. The van der Waals surface area contributed by atoms with Crippen LogP contribution in [0.15, 0.2) is 24.4 Å². The molecular formula is C22H27ClN6O2. The van der Waals surface area contributed by atoms with E-state index in [2.05, 4.69) is 22.0 Å². The Morgan fingerprint density at radius 3 is 2.94 bits per heavy atom. The molecule has 1 aromatic carbocycles. The van der Waals surface area contributed by atoms with Crippen LogP contribution in [0.3, 0.4) is 0 Å². The molecule has 164 valence electrons. The molecule has 9 heteroatoms. The number of carbonyl (C=O) groups excluding carboxylic acids is 1. The fraction of sp³-hybridized carbons (Fsp3) is 0.500. The number of carbonyl (C=O) groups is 1. The molecule has 2 aromatic rings. The molecule has 4 rings (SSSR count). The topological polar surface area (TPSA) is 118 Å². The van der Waals surface area contributed by atoms with E-state index in [4.69, 9.17) is 22.1 Å². The predicted molar refractivity (Wildman–Crippen MR) is 117 cm³/mol. The van der Waals surface area contributed by atoms with Gasteiger partial charge in [0, 0.05) is 36.1 Å². The fourth-order valence-corrected chi connectivity index (χ4v) is 5.59. The number of nitrogens with one attached hydrogen (secondary N) is 2. The summed E-state index contributed by atoms with van der Waals surface area (Å²) in [7, 11) is 1.87. The Hall–Kier alpha value is -2.60. The summed E-state index contributed by atoms with van der Waals surface area (Å²) in [6, 6.07) is 7.87. The summed E-state index contributed by atoms with van der Waals surface area (Å²) >= 11 is 6.75. The smallest absolute Gasteiger partial charge is 0.239 e. The van der Waals surface area contributed by atoms with E-state index in [1.807, 2.05) is 32.3 Å². The van der Waals surface area contributed by atoms with Gasteiger partial charge in [0.05, 0.1) is 24.4 Å². The summed E-state index contributed by atoms with van der Waals surface area (Å²) < 4.78 is 7.47. The van der Waals surface area contributed by atoms with Crippen molar-refractivity contribution in [3.05, 3.63) is 35.5 Å². The highest BCUT2D eigenvalue weighted by molar-refractivity contribution is 6.22. The molecular weight excluding hydrogens is 416 g/mol. The van der Waals surface area contributed by atoms with E-state index in [9.17, 15) is 10.1 Å². The van der Waals surface area contributed by atoms with E-state index in [-0.39, 0.29) is 35.1 Å². The summed E-state index contributed by atoms with van der Waals surface area (Å²) in [5.74, 6) is 0.333. The summed E-state index contributed by atoms with van der Waals surface area (Å²) in [6.45, 7) is 2.78.